The Labute approximate surface area is 221 Å². The topological polar surface area (TPSA) is 134 Å². The van der Waals surface area contributed by atoms with Crippen molar-refractivity contribution in [3.8, 4) is 11.6 Å². The quantitative estimate of drug-likeness (QED) is 0.219. The maximum atomic E-state index is 12.3. The fraction of sp³-hybridized carbons (Fsp3) is 0.148. The second kappa shape index (κ2) is 12.2. The summed E-state index contributed by atoms with van der Waals surface area (Å²) < 4.78 is 31.5. The van der Waals surface area contributed by atoms with E-state index in [2.05, 4.69) is 37.6 Å². The molecule has 4 rings (SSSR count). The predicted octanol–water partition coefficient (Wildman–Crippen LogP) is 5.27. The fourth-order valence-electron chi connectivity index (χ4n) is 3.43. The van der Waals surface area contributed by atoms with Gasteiger partial charge in [0.15, 0.2) is 0 Å². The SMILES string of the molecule is CCc1ccc(NC(=O)Nc2ccc(Oc3cc(Nc4ccc(CS(=O)(=O)NC)cc4)ncn3)cc2)cc1. The number of hydrogen-bond donors (Lipinski definition) is 4. The largest absolute Gasteiger partial charge is 0.439 e. The number of ether oxygens (including phenoxy) is 1. The minimum absolute atomic E-state index is 0.0961. The Balaban J connectivity index is 1.32. The number of carbonyl (C=O) groups excluding carboxylic acids is 1. The van der Waals surface area contributed by atoms with E-state index >= 15 is 0 Å². The molecule has 1 heterocycles. The van der Waals surface area contributed by atoms with Gasteiger partial charge in [0, 0.05) is 23.1 Å². The third-order valence-electron chi connectivity index (χ3n) is 5.49. The van der Waals surface area contributed by atoms with E-state index < -0.39 is 10.0 Å². The number of nitrogens with one attached hydrogen (secondary N) is 4. The molecular weight excluding hydrogens is 504 g/mol. The summed E-state index contributed by atoms with van der Waals surface area (Å²) >= 11 is 0. The van der Waals surface area contributed by atoms with E-state index in [1.807, 2.05) is 24.3 Å². The van der Waals surface area contributed by atoms with Crippen LogP contribution in [0.2, 0.25) is 0 Å². The Bertz CT molecular complexity index is 1480. The smallest absolute Gasteiger partial charge is 0.323 e. The van der Waals surface area contributed by atoms with E-state index in [1.54, 1.807) is 54.6 Å². The van der Waals surface area contributed by atoms with E-state index in [-0.39, 0.29) is 11.8 Å². The molecule has 0 saturated heterocycles. The van der Waals surface area contributed by atoms with Crippen LogP contribution in [-0.4, -0.2) is 31.5 Å². The molecule has 2 amide bonds. The summed E-state index contributed by atoms with van der Waals surface area (Å²) in [4.78, 5) is 20.6. The Kier molecular flexibility index (Phi) is 8.51. The summed E-state index contributed by atoms with van der Waals surface area (Å²) in [5.74, 6) is 1.27. The molecule has 0 unspecified atom stereocenters. The highest BCUT2D eigenvalue weighted by atomic mass is 32.2. The maximum absolute atomic E-state index is 12.3. The van der Waals surface area contributed by atoms with Gasteiger partial charge in [-0.15, -0.1) is 0 Å². The number of benzene rings is 3. The first-order chi connectivity index (χ1) is 18.3. The maximum Gasteiger partial charge on any atom is 0.323 e. The number of urea groups is 1. The van der Waals surface area contributed by atoms with Gasteiger partial charge in [0.2, 0.25) is 15.9 Å². The monoisotopic (exact) mass is 532 g/mol. The lowest BCUT2D eigenvalue weighted by molar-refractivity contribution is 0.262. The van der Waals surface area contributed by atoms with Crippen LogP contribution in [0, 0.1) is 0 Å². The third-order valence-corrected chi connectivity index (χ3v) is 6.83. The van der Waals surface area contributed by atoms with Crippen LogP contribution in [0.4, 0.5) is 27.7 Å². The lowest BCUT2D eigenvalue weighted by Gasteiger charge is -2.10. The number of sulfonamides is 1. The van der Waals surface area contributed by atoms with Crippen LogP contribution < -0.4 is 25.4 Å². The van der Waals surface area contributed by atoms with Crippen LogP contribution in [0.5, 0.6) is 11.6 Å². The summed E-state index contributed by atoms with van der Waals surface area (Å²) in [5.41, 5.74) is 3.92. The van der Waals surface area contributed by atoms with E-state index in [0.29, 0.717) is 34.4 Å². The molecular formula is C27H28N6O4S. The molecule has 38 heavy (non-hydrogen) atoms. The van der Waals surface area contributed by atoms with Crippen molar-refractivity contribution in [3.05, 3.63) is 96.3 Å². The van der Waals surface area contributed by atoms with Gasteiger partial charge in [-0.1, -0.05) is 31.2 Å². The Morgan fingerprint density at radius 1 is 0.816 bits per heavy atom. The number of aromatic nitrogens is 2. The summed E-state index contributed by atoms with van der Waals surface area (Å²) in [5, 5.41) is 8.73. The Hall–Kier alpha value is -4.48. The van der Waals surface area contributed by atoms with Crippen LogP contribution in [0.25, 0.3) is 0 Å². The molecule has 0 aliphatic carbocycles. The van der Waals surface area contributed by atoms with Crippen molar-refractivity contribution in [1.29, 1.82) is 0 Å². The molecule has 0 saturated carbocycles. The third kappa shape index (κ3) is 7.76. The standard InChI is InChI=1S/C27H28N6O4S/c1-3-19-4-8-22(9-5-19)32-27(34)33-23-12-14-24(15-13-23)37-26-16-25(29-18-30-26)31-21-10-6-20(7-11-21)17-38(35,36)28-2/h4-16,18,28H,3,17H2,1-2H3,(H,29,30,31)(H2,32,33,34). The minimum atomic E-state index is -3.34. The molecule has 0 atom stereocenters. The van der Waals surface area contributed by atoms with Crippen molar-refractivity contribution in [2.75, 3.05) is 23.0 Å². The Morgan fingerprint density at radius 3 is 2.00 bits per heavy atom. The van der Waals surface area contributed by atoms with Gasteiger partial charge in [0.25, 0.3) is 0 Å². The van der Waals surface area contributed by atoms with E-state index in [4.69, 9.17) is 4.74 Å². The molecule has 3 aromatic carbocycles. The summed E-state index contributed by atoms with van der Waals surface area (Å²) in [6.07, 6.45) is 2.31. The number of anilines is 4. The summed E-state index contributed by atoms with van der Waals surface area (Å²) in [7, 11) is -1.95. The summed E-state index contributed by atoms with van der Waals surface area (Å²) in [6.45, 7) is 2.08. The molecule has 0 spiro atoms. The fourth-order valence-corrected chi connectivity index (χ4v) is 4.21. The number of carbonyl (C=O) groups is 1. The first kappa shape index (κ1) is 26.6. The van der Waals surface area contributed by atoms with Crippen LogP contribution in [0.1, 0.15) is 18.1 Å². The van der Waals surface area contributed by atoms with Crippen molar-refractivity contribution in [2.45, 2.75) is 19.1 Å². The molecule has 10 nitrogen and oxygen atoms in total. The van der Waals surface area contributed by atoms with Gasteiger partial charge >= 0.3 is 6.03 Å². The Morgan fingerprint density at radius 2 is 1.39 bits per heavy atom. The lowest BCUT2D eigenvalue weighted by atomic mass is 10.1. The first-order valence-corrected chi connectivity index (χ1v) is 13.5. The van der Waals surface area contributed by atoms with Gasteiger partial charge in [0.1, 0.15) is 17.9 Å². The number of rotatable bonds is 10. The van der Waals surface area contributed by atoms with Crippen molar-refractivity contribution in [3.63, 3.8) is 0 Å². The molecule has 11 heteroatoms. The molecule has 0 aliphatic rings. The number of amides is 2. The van der Waals surface area contributed by atoms with Gasteiger partial charge in [-0.05, 0) is 73.1 Å². The molecule has 196 valence electrons. The molecule has 4 N–H and O–H groups in total. The molecule has 0 aliphatic heterocycles. The number of hydrogen-bond acceptors (Lipinski definition) is 7. The summed E-state index contributed by atoms with van der Waals surface area (Å²) in [6, 6.07) is 22.9. The second-order valence-electron chi connectivity index (χ2n) is 8.28. The van der Waals surface area contributed by atoms with Gasteiger partial charge in [-0.2, -0.15) is 0 Å². The van der Waals surface area contributed by atoms with Gasteiger partial charge < -0.3 is 20.7 Å². The molecule has 0 bridgehead atoms. The van der Waals surface area contributed by atoms with Gasteiger partial charge in [0.05, 0.1) is 5.75 Å². The van der Waals surface area contributed by atoms with E-state index in [1.165, 1.54) is 18.9 Å². The zero-order valence-electron chi connectivity index (χ0n) is 20.9. The highest BCUT2D eigenvalue weighted by molar-refractivity contribution is 7.88. The van der Waals surface area contributed by atoms with Crippen molar-refractivity contribution in [2.24, 2.45) is 0 Å². The van der Waals surface area contributed by atoms with Crippen molar-refractivity contribution < 1.29 is 17.9 Å². The average Bonchev–Trinajstić information content (AvgIpc) is 2.91. The van der Waals surface area contributed by atoms with E-state index in [0.717, 1.165) is 12.1 Å². The molecule has 1 aromatic heterocycles. The number of aryl methyl sites for hydroxylation is 1. The zero-order chi connectivity index (χ0) is 27.0. The second-order valence-corrected chi connectivity index (χ2v) is 10.2. The van der Waals surface area contributed by atoms with Gasteiger partial charge in [-0.3, -0.25) is 0 Å². The van der Waals surface area contributed by atoms with Gasteiger partial charge in [-0.25, -0.2) is 27.9 Å². The predicted molar refractivity (Wildman–Crippen MR) is 148 cm³/mol. The minimum Gasteiger partial charge on any atom is -0.439 e. The van der Waals surface area contributed by atoms with E-state index in [9.17, 15) is 13.2 Å². The zero-order valence-corrected chi connectivity index (χ0v) is 21.7. The molecule has 0 radical (unpaired) electrons. The van der Waals surface area contributed by atoms with Crippen LogP contribution in [0.15, 0.2) is 85.2 Å². The highest BCUT2D eigenvalue weighted by Gasteiger charge is 2.09. The first-order valence-electron chi connectivity index (χ1n) is 11.9. The van der Waals surface area contributed by atoms with Crippen LogP contribution >= 0.6 is 0 Å². The molecule has 0 fully saturated rings. The molecule has 4 aromatic rings. The van der Waals surface area contributed by atoms with Crippen LogP contribution in [-0.2, 0) is 22.2 Å². The lowest BCUT2D eigenvalue weighted by Crippen LogP contribution is -2.20. The van der Waals surface area contributed by atoms with Crippen LogP contribution in [0.3, 0.4) is 0 Å². The average molecular weight is 533 g/mol. The highest BCUT2D eigenvalue weighted by Crippen LogP contribution is 2.24. The van der Waals surface area contributed by atoms with Crippen molar-refractivity contribution >= 4 is 38.9 Å². The normalized spacial score (nSPS) is 11.0. The van der Waals surface area contributed by atoms with Crippen molar-refractivity contribution in [1.82, 2.24) is 14.7 Å². The number of nitrogens with zero attached hydrogens (tertiary/aromatic N) is 2.